The van der Waals surface area contributed by atoms with Gasteiger partial charge in [-0.15, -0.1) is 5.10 Å². The standard InChI is InChI=1S/C15H25N5O3S2/c1-3-19(13-8-9-25(22,23)10-13)14(21)11(2)24-15-16-17-18-20(15)12-6-4-5-7-12/h11-13H,3-10H2,1-2H3/t11-,13+/m1/s1. The summed E-state index contributed by atoms with van der Waals surface area (Å²) in [7, 11) is -3.01. The maximum Gasteiger partial charge on any atom is 0.236 e. The van der Waals surface area contributed by atoms with Crippen LogP contribution in [-0.4, -0.2) is 68.8 Å². The molecule has 3 rings (SSSR count). The van der Waals surface area contributed by atoms with E-state index < -0.39 is 9.84 Å². The van der Waals surface area contributed by atoms with Gasteiger partial charge in [0.25, 0.3) is 0 Å². The van der Waals surface area contributed by atoms with E-state index in [0.717, 1.165) is 12.8 Å². The summed E-state index contributed by atoms with van der Waals surface area (Å²) in [4.78, 5) is 14.6. The summed E-state index contributed by atoms with van der Waals surface area (Å²) in [6.07, 6.45) is 5.04. The van der Waals surface area contributed by atoms with Gasteiger partial charge in [0.15, 0.2) is 9.84 Å². The monoisotopic (exact) mass is 387 g/mol. The average molecular weight is 388 g/mol. The molecule has 1 aromatic rings. The van der Waals surface area contributed by atoms with E-state index in [0.29, 0.717) is 24.2 Å². The van der Waals surface area contributed by atoms with Gasteiger partial charge >= 0.3 is 0 Å². The first-order chi connectivity index (χ1) is 11.9. The molecule has 2 fully saturated rings. The van der Waals surface area contributed by atoms with Gasteiger partial charge in [-0.3, -0.25) is 4.79 Å². The minimum atomic E-state index is -3.01. The van der Waals surface area contributed by atoms with Crippen molar-refractivity contribution in [3.05, 3.63) is 0 Å². The molecule has 0 N–H and O–H groups in total. The number of hydrogen-bond donors (Lipinski definition) is 0. The van der Waals surface area contributed by atoms with Crippen LogP contribution in [0.25, 0.3) is 0 Å². The summed E-state index contributed by atoms with van der Waals surface area (Å²) in [5.74, 6) is 0.197. The molecule has 0 bridgehead atoms. The zero-order chi connectivity index (χ0) is 18.0. The minimum absolute atomic E-state index is 0.0458. The quantitative estimate of drug-likeness (QED) is 0.679. The molecule has 2 atom stereocenters. The van der Waals surface area contributed by atoms with Crippen molar-refractivity contribution in [3.63, 3.8) is 0 Å². The SMILES string of the molecule is CCN(C(=O)[C@@H](C)Sc1nnnn1C1CCCC1)[C@H]1CCS(=O)(=O)C1. The van der Waals surface area contributed by atoms with Crippen LogP contribution < -0.4 is 0 Å². The highest BCUT2D eigenvalue weighted by molar-refractivity contribution is 8.00. The summed E-state index contributed by atoms with van der Waals surface area (Å²) >= 11 is 1.36. The van der Waals surface area contributed by atoms with Crippen LogP contribution in [0.5, 0.6) is 0 Å². The van der Waals surface area contributed by atoms with Crippen molar-refractivity contribution in [2.75, 3.05) is 18.1 Å². The molecule has 0 aromatic carbocycles. The van der Waals surface area contributed by atoms with Crippen LogP contribution in [0.3, 0.4) is 0 Å². The number of sulfone groups is 1. The maximum atomic E-state index is 12.9. The van der Waals surface area contributed by atoms with Gasteiger partial charge in [-0.1, -0.05) is 24.6 Å². The molecule has 0 radical (unpaired) electrons. The predicted molar refractivity (Wildman–Crippen MR) is 95.1 cm³/mol. The molecular weight excluding hydrogens is 362 g/mol. The third-order valence-corrected chi connectivity index (χ3v) is 7.82. The Labute approximate surface area is 152 Å². The van der Waals surface area contributed by atoms with Crippen molar-refractivity contribution < 1.29 is 13.2 Å². The Hall–Kier alpha value is -1.16. The largest absolute Gasteiger partial charge is 0.338 e. The average Bonchev–Trinajstić information content (AvgIpc) is 3.28. The Morgan fingerprint density at radius 1 is 1.36 bits per heavy atom. The van der Waals surface area contributed by atoms with Gasteiger partial charge in [0.2, 0.25) is 11.1 Å². The van der Waals surface area contributed by atoms with Crippen molar-refractivity contribution in [2.45, 2.75) is 68.4 Å². The van der Waals surface area contributed by atoms with Crippen LogP contribution >= 0.6 is 11.8 Å². The number of nitrogens with zero attached hydrogens (tertiary/aromatic N) is 5. The van der Waals surface area contributed by atoms with Gasteiger partial charge < -0.3 is 4.90 Å². The Kier molecular flexibility index (Phi) is 5.67. The van der Waals surface area contributed by atoms with E-state index >= 15 is 0 Å². The first kappa shape index (κ1) is 18.6. The van der Waals surface area contributed by atoms with E-state index in [-0.39, 0.29) is 28.7 Å². The normalized spacial score (nSPS) is 24.5. The number of rotatable bonds is 6. The fraction of sp³-hybridized carbons (Fsp3) is 0.867. The van der Waals surface area contributed by atoms with Crippen molar-refractivity contribution in [1.82, 2.24) is 25.1 Å². The summed E-state index contributed by atoms with van der Waals surface area (Å²) in [5.41, 5.74) is 0. The third kappa shape index (κ3) is 4.16. The van der Waals surface area contributed by atoms with E-state index in [2.05, 4.69) is 15.5 Å². The van der Waals surface area contributed by atoms with Crippen LogP contribution in [0.1, 0.15) is 52.0 Å². The number of hydrogen-bond acceptors (Lipinski definition) is 7. The number of aromatic nitrogens is 4. The molecule has 0 unspecified atom stereocenters. The van der Waals surface area contributed by atoms with Crippen molar-refractivity contribution in [2.24, 2.45) is 0 Å². The lowest BCUT2D eigenvalue weighted by molar-refractivity contribution is -0.131. The molecule has 1 amide bonds. The highest BCUT2D eigenvalue weighted by Gasteiger charge is 2.36. The van der Waals surface area contributed by atoms with Gasteiger partial charge in [-0.05, 0) is 43.5 Å². The van der Waals surface area contributed by atoms with E-state index in [1.54, 1.807) is 4.90 Å². The van der Waals surface area contributed by atoms with Gasteiger partial charge in [-0.2, -0.15) is 0 Å². The number of carbonyl (C=O) groups is 1. The molecule has 0 spiro atoms. The molecule has 1 aliphatic carbocycles. The molecule has 1 saturated heterocycles. The molecule has 1 aromatic heterocycles. The number of amides is 1. The van der Waals surface area contributed by atoms with E-state index in [1.807, 2.05) is 18.5 Å². The van der Waals surface area contributed by atoms with Gasteiger partial charge in [-0.25, -0.2) is 13.1 Å². The molecular formula is C15H25N5O3S2. The Bertz CT molecular complexity index is 715. The Morgan fingerprint density at radius 3 is 2.68 bits per heavy atom. The second-order valence-electron chi connectivity index (χ2n) is 6.79. The van der Waals surface area contributed by atoms with Crippen LogP contribution in [0.2, 0.25) is 0 Å². The first-order valence-electron chi connectivity index (χ1n) is 8.86. The molecule has 1 saturated carbocycles. The minimum Gasteiger partial charge on any atom is -0.338 e. The number of tetrazole rings is 1. The molecule has 25 heavy (non-hydrogen) atoms. The van der Waals surface area contributed by atoms with Gasteiger partial charge in [0, 0.05) is 12.6 Å². The molecule has 1 aliphatic heterocycles. The van der Waals surface area contributed by atoms with E-state index in [1.165, 1.54) is 24.6 Å². The summed E-state index contributed by atoms with van der Waals surface area (Å²) in [5, 5.41) is 12.3. The predicted octanol–water partition coefficient (Wildman–Crippen LogP) is 1.30. The Morgan fingerprint density at radius 2 is 2.08 bits per heavy atom. The Balaban J connectivity index is 1.67. The summed E-state index contributed by atoms with van der Waals surface area (Å²) < 4.78 is 25.3. The van der Waals surface area contributed by atoms with Crippen molar-refractivity contribution >= 4 is 27.5 Å². The lowest BCUT2D eigenvalue weighted by Crippen LogP contribution is -2.44. The topological polar surface area (TPSA) is 98.1 Å². The smallest absolute Gasteiger partial charge is 0.236 e. The van der Waals surface area contributed by atoms with Crippen LogP contribution in [0.15, 0.2) is 5.16 Å². The van der Waals surface area contributed by atoms with Gasteiger partial charge in [0.1, 0.15) is 0 Å². The highest BCUT2D eigenvalue weighted by atomic mass is 32.2. The fourth-order valence-electron chi connectivity index (χ4n) is 3.70. The second-order valence-corrected chi connectivity index (χ2v) is 10.3. The lowest BCUT2D eigenvalue weighted by atomic mass is 10.2. The second kappa shape index (κ2) is 7.61. The van der Waals surface area contributed by atoms with Crippen LogP contribution in [-0.2, 0) is 14.6 Å². The molecule has 2 aliphatic rings. The summed E-state index contributed by atoms with van der Waals surface area (Å²) in [6.45, 7) is 4.24. The lowest BCUT2D eigenvalue weighted by Gasteiger charge is -2.29. The fourth-order valence-corrected chi connectivity index (χ4v) is 6.36. The molecule has 10 heteroatoms. The number of carbonyl (C=O) groups excluding carboxylic acids is 1. The first-order valence-corrected chi connectivity index (χ1v) is 11.6. The van der Waals surface area contributed by atoms with E-state index in [9.17, 15) is 13.2 Å². The number of thioether (sulfide) groups is 1. The van der Waals surface area contributed by atoms with Gasteiger partial charge in [0.05, 0.1) is 22.8 Å². The summed E-state index contributed by atoms with van der Waals surface area (Å²) in [6, 6.07) is 0.110. The molecule has 140 valence electrons. The zero-order valence-electron chi connectivity index (χ0n) is 14.7. The molecule has 8 nitrogen and oxygen atoms in total. The maximum absolute atomic E-state index is 12.9. The zero-order valence-corrected chi connectivity index (χ0v) is 16.3. The van der Waals surface area contributed by atoms with Crippen LogP contribution in [0.4, 0.5) is 0 Å². The third-order valence-electron chi connectivity index (χ3n) is 5.04. The van der Waals surface area contributed by atoms with Crippen LogP contribution in [0, 0.1) is 0 Å². The highest BCUT2D eigenvalue weighted by Crippen LogP contribution is 2.33. The van der Waals surface area contributed by atoms with Crippen molar-refractivity contribution in [3.8, 4) is 0 Å². The molecule has 2 heterocycles. The van der Waals surface area contributed by atoms with E-state index in [4.69, 9.17) is 0 Å². The van der Waals surface area contributed by atoms with Crippen molar-refractivity contribution in [1.29, 1.82) is 0 Å².